The summed E-state index contributed by atoms with van der Waals surface area (Å²) in [5.74, 6) is 1.51. The van der Waals surface area contributed by atoms with Crippen LogP contribution in [0, 0.1) is 11.3 Å². The number of fused-ring (bicyclic) bond motifs is 1. The molecule has 2 fully saturated rings. The lowest BCUT2D eigenvalue weighted by Crippen LogP contribution is -2.71. The molecule has 0 aromatic carbocycles. The summed E-state index contributed by atoms with van der Waals surface area (Å²) in [5.41, 5.74) is 1.30. The fraction of sp³-hybridized carbons (Fsp3) is 0.722. The van der Waals surface area contributed by atoms with E-state index in [-0.39, 0.29) is 5.41 Å². The summed E-state index contributed by atoms with van der Waals surface area (Å²) in [6.45, 7) is 6.25. The number of hydrogen-bond donors (Lipinski definition) is 1. The van der Waals surface area contributed by atoms with Gasteiger partial charge in [-0.05, 0) is 18.9 Å². The van der Waals surface area contributed by atoms with Gasteiger partial charge in [-0.1, -0.05) is 25.4 Å². The Morgan fingerprint density at radius 2 is 2.29 bits per heavy atom. The van der Waals surface area contributed by atoms with Crippen molar-refractivity contribution in [3.63, 3.8) is 0 Å². The summed E-state index contributed by atoms with van der Waals surface area (Å²) in [4.78, 5) is 6.65. The van der Waals surface area contributed by atoms with Crippen LogP contribution in [0.1, 0.15) is 32.4 Å². The molecule has 1 aromatic heterocycles. The maximum absolute atomic E-state index is 6.09. The van der Waals surface area contributed by atoms with Crippen LogP contribution in [0.4, 0.5) is 0 Å². The zero-order valence-electron chi connectivity index (χ0n) is 15.3. The van der Waals surface area contributed by atoms with Gasteiger partial charge in [-0.15, -0.1) is 0 Å². The molecule has 134 valence electrons. The molecule has 0 bridgehead atoms. The molecule has 5 nitrogen and oxygen atoms in total. The van der Waals surface area contributed by atoms with Crippen LogP contribution in [0.25, 0.3) is 0 Å². The number of halogens is 1. The molecule has 2 heterocycles. The number of aromatic nitrogens is 1. The molecule has 0 radical (unpaired) electrons. The predicted octanol–water partition coefficient (Wildman–Crippen LogP) is 2.89. The van der Waals surface area contributed by atoms with Crippen LogP contribution >= 0.6 is 11.6 Å². The lowest BCUT2D eigenvalue weighted by atomic mass is 9.55. The quantitative estimate of drug-likeness (QED) is 0.671. The largest absolute Gasteiger partial charge is 0.377 e. The van der Waals surface area contributed by atoms with Crippen molar-refractivity contribution in [3.05, 3.63) is 23.0 Å². The first-order valence-corrected chi connectivity index (χ1v) is 9.09. The Balaban J connectivity index is 1.67. The van der Waals surface area contributed by atoms with Gasteiger partial charge in [0.15, 0.2) is 5.96 Å². The summed E-state index contributed by atoms with van der Waals surface area (Å²) >= 11 is 6.09. The van der Waals surface area contributed by atoms with Gasteiger partial charge in [0.1, 0.15) is 0 Å². The summed E-state index contributed by atoms with van der Waals surface area (Å²) in [5, 5.41) is 4.46. The molecule has 1 saturated heterocycles. The fourth-order valence-electron chi connectivity index (χ4n) is 4.34. The molecule has 1 N–H and O–H groups in total. The van der Waals surface area contributed by atoms with E-state index in [9.17, 15) is 0 Å². The minimum absolute atomic E-state index is 0.135. The minimum atomic E-state index is 0.135. The monoisotopic (exact) mass is 352 g/mol. The first-order valence-electron chi connectivity index (χ1n) is 8.71. The van der Waals surface area contributed by atoms with E-state index in [1.807, 2.05) is 26.4 Å². The Morgan fingerprint density at radius 3 is 2.92 bits per heavy atom. The maximum atomic E-state index is 6.09. The molecular formula is C18H29ClN4O. The summed E-state index contributed by atoms with van der Waals surface area (Å²) < 4.78 is 8.06. The fourth-order valence-corrected chi connectivity index (χ4v) is 4.61. The van der Waals surface area contributed by atoms with Gasteiger partial charge in [-0.3, -0.25) is 4.99 Å². The minimum Gasteiger partial charge on any atom is -0.377 e. The van der Waals surface area contributed by atoms with E-state index in [1.165, 1.54) is 6.42 Å². The van der Waals surface area contributed by atoms with Gasteiger partial charge in [0.25, 0.3) is 0 Å². The third kappa shape index (κ3) is 3.04. The van der Waals surface area contributed by atoms with Gasteiger partial charge in [-0.25, -0.2) is 0 Å². The van der Waals surface area contributed by atoms with Crippen molar-refractivity contribution in [1.29, 1.82) is 0 Å². The molecular weight excluding hydrogens is 324 g/mol. The van der Waals surface area contributed by atoms with Crippen molar-refractivity contribution in [1.82, 2.24) is 14.8 Å². The number of aryl methyl sites for hydroxylation is 1. The van der Waals surface area contributed by atoms with Crippen molar-refractivity contribution in [2.75, 3.05) is 20.7 Å². The summed E-state index contributed by atoms with van der Waals surface area (Å²) in [7, 11) is 5.93. The second-order valence-electron chi connectivity index (χ2n) is 7.70. The highest BCUT2D eigenvalue weighted by Gasteiger charge is 2.58. The van der Waals surface area contributed by atoms with E-state index in [1.54, 1.807) is 0 Å². The van der Waals surface area contributed by atoms with Crippen molar-refractivity contribution >= 4 is 17.6 Å². The molecule has 6 heteroatoms. The Bertz CT molecular complexity index is 625. The smallest absolute Gasteiger partial charge is 0.193 e. The summed E-state index contributed by atoms with van der Waals surface area (Å²) in [6, 6.07) is 2.41. The van der Waals surface area contributed by atoms with Gasteiger partial charge in [0.05, 0.1) is 17.7 Å². The predicted molar refractivity (Wildman–Crippen MR) is 98.4 cm³/mol. The van der Waals surface area contributed by atoms with E-state index in [4.69, 9.17) is 16.3 Å². The lowest BCUT2D eigenvalue weighted by Gasteiger charge is -2.60. The molecule has 3 rings (SSSR count). The molecule has 1 saturated carbocycles. The highest BCUT2D eigenvalue weighted by molar-refractivity contribution is 6.30. The van der Waals surface area contributed by atoms with Crippen LogP contribution in [-0.2, 0) is 18.3 Å². The van der Waals surface area contributed by atoms with Crippen molar-refractivity contribution in [3.8, 4) is 0 Å². The first kappa shape index (κ1) is 17.6. The van der Waals surface area contributed by atoms with Crippen LogP contribution in [0.2, 0.25) is 5.02 Å². The first-order chi connectivity index (χ1) is 11.3. The second kappa shape index (κ2) is 6.60. The van der Waals surface area contributed by atoms with E-state index < -0.39 is 0 Å². The van der Waals surface area contributed by atoms with Gasteiger partial charge in [0.2, 0.25) is 0 Å². The zero-order valence-corrected chi connectivity index (χ0v) is 16.1. The number of nitrogens with zero attached hydrogens (tertiary/aromatic N) is 3. The number of hydrogen-bond acceptors (Lipinski definition) is 2. The van der Waals surface area contributed by atoms with E-state index >= 15 is 0 Å². The molecule has 0 amide bonds. The van der Waals surface area contributed by atoms with Crippen molar-refractivity contribution < 1.29 is 4.74 Å². The van der Waals surface area contributed by atoms with Gasteiger partial charge < -0.3 is 19.5 Å². The van der Waals surface area contributed by atoms with E-state index in [0.717, 1.165) is 36.2 Å². The second-order valence-corrected chi connectivity index (χ2v) is 8.14. The molecule has 3 atom stereocenters. The number of aliphatic imine (C=N–C) groups is 1. The number of guanidine groups is 1. The Labute approximate surface area is 150 Å². The SMILES string of the molecule is CN=C(NC1C2CCCOC2C1(C)C)N(C)Cc1cc(Cl)cn1C. The van der Waals surface area contributed by atoms with Gasteiger partial charge in [-0.2, -0.15) is 0 Å². The molecule has 1 aliphatic carbocycles. The molecule has 3 unspecified atom stereocenters. The third-order valence-corrected chi connectivity index (χ3v) is 5.87. The maximum Gasteiger partial charge on any atom is 0.193 e. The third-order valence-electron chi connectivity index (χ3n) is 5.66. The average molecular weight is 353 g/mol. The highest BCUT2D eigenvalue weighted by Crippen LogP contribution is 2.51. The Kier molecular flexibility index (Phi) is 4.85. The van der Waals surface area contributed by atoms with Crippen LogP contribution in [-0.4, -0.2) is 48.3 Å². The molecule has 2 aliphatic rings. The average Bonchev–Trinajstić information content (AvgIpc) is 2.85. The van der Waals surface area contributed by atoms with Crippen LogP contribution in [0.3, 0.4) is 0 Å². The standard InChI is InChI=1S/C18H29ClN4O/c1-18(2)15(14-7-6-8-24-16(14)18)21-17(20-3)23(5)11-13-9-12(19)10-22(13)4/h9-10,14-16H,6-8,11H2,1-5H3,(H,20,21). The topological polar surface area (TPSA) is 41.8 Å². The lowest BCUT2D eigenvalue weighted by molar-refractivity contribution is -0.188. The molecule has 0 spiro atoms. The normalized spacial score (nSPS) is 28.9. The van der Waals surface area contributed by atoms with E-state index in [0.29, 0.717) is 18.1 Å². The summed E-state index contributed by atoms with van der Waals surface area (Å²) in [6.07, 6.45) is 4.70. The highest BCUT2D eigenvalue weighted by atomic mass is 35.5. The van der Waals surface area contributed by atoms with Crippen molar-refractivity contribution in [2.45, 2.75) is 45.4 Å². The van der Waals surface area contributed by atoms with Crippen molar-refractivity contribution in [2.24, 2.45) is 23.4 Å². The Morgan fingerprint density at radius 1 is 1.54 bits per heavy atom. The van der Waals surface area contributed by atoms with Crippen LogP contribution in [0.5, 0.6) is 0 Å². The number of rotatable bonds is 3. The Hall–Kier alpha value is -1.20. The van der Waals surface area contributed by atoms with Gasteiger partial charge >= 0.3 is 0 Å². The van der Waals surface area contributed by atoms with E-state index in [2.05, 4.69) is 40.7 Å². The van der Waals surface area contributed by atoms with Gasteiger partial charge in [0, 0.05) is 57.0 Å². The zero-order chi connectivity index (χ0) is 17.5. The number of nitrogens with one attached hydrogen (secondary N) is 1. The molecule has 1 aromatic rings. The number of ether oxygens (including phenoxy) is 1. The molecule has 24 heavy (non-hydrogen) atoms. The molecule has 1 aliphatic heterocycles. The van der Waals surface area contributed by atoms with Crippen LogP contribution < -0.4 is 5.32 Å². The van der Waals surface area contributed by atoms with Crippen LogP contribution in [0.15, 0.2) is 17.3 Å².